The average molecular weight is 432 g/mol. The number of allylic oxidation sites excluding steroid dienone is 1. The normalized spacial score (nSPS) is 12.4. The second-order valence-electron chi connectivity index (χ2n) is 8.20. The Bertz CT molecular complexity index is 1080. The molecule has 0 amide bonds. The molecule has 0 unspecified atom stereocenters. The van der Waals surface area contributed by atoms with Gasteiger partial charge in [0.15, 0.2) is 6.10 Å². The number of ether oxygens (including phenoxy) is 1. The number of aromatic nitrogens is 1. The summed E-state index contributed by atoms with van der Waals surface area (Å²) in [5, 5.41) is 9.21. The van der Waals surface area contributed by atoms with Crippen molar-refractivity contribution in [1.29, 1.82) is 0 Å². The zero-order valence-corrected chi connectivity index (χ0v) is 18.7. The van der Waals surface area contributed by atoms with Crippen LogP contribution in [-0.4, -0.2) is 27.5 Å². The Labute approximate surface area is 189 Å². The smallest absolute Gasteiger partial charge is 0.333 e. The third-order valence-corrected chi connectivity index (χ3v) is 5.25. The van der Waals surface area contributed by atoms with Crippen molar-refractivity contribution >= 4 is 17.8 Å². The van der Waals surface area contributed by atoms with Crippen molar-refractivity contribution in [3.63, 3.8) is 0 Å². The van der Waals surface area contributed by atoms with Gasteiger partial charge in [-0.1, -0.05) is 80.1 Å². The molecule has 0 aliphatic rings. The number of nitrogens with zero attached hydrogens (tertiary/aromatic N) is 1. The molecule has 5 heteroatoms. The first-order valence-electron chi connectivity index (χ1n) is 10.7. The van der Waals surface area contributed by atoms with Crippen molar-refractivity contribution < 1.29 is 19.4 Å². The maximum atomic E-state index is 12.8. The van der Waals surface area contributed by atoms with E-state index >= 15 is 0 Å². The predicted octanol–water partition coefficient (Wildman–Crippen LogP) is 5.37. The van der Waals surface area contributed by atoms with E-state index in [1.807, 2.05) is 104 Å². The summed E-state index contributed by atoms with van der Waals surface area (Å²) in [5.41, 5.74) is 4.40. The number of ketones is 1. The van der Waals surface area contributed by atoms with Gasteiger partial charge in [-0.25, -0.2) is 4.79 Å². The zero-order chi connectivity index (χ0) is 23.1. The molecule has 0 aliphatic heterocycles. The molecular weight excluding hydrogens is 402 g/mol. The second-order valence-corrected chi connectivity index (χ2v) is 8.20. The van der Waals surface area contributed by atoms with Gasteiger partial charge in [0.2, 0.25) is 5.78 Å². The van der Waals surface area contributed by atoms with Crippen LogP contribution in [0.25, 0.3) is 6.08 Å². The molecular formula is C27H29NO4. The van der Waals surface area contributed by atoms with Crippen LogP contribution in [0.5, 0.6) is 0 Å². The van der Waals surface area contributed by atoms with E-state index in [0.717, 1.165) is 16.7 Å². The number of hydrogen-bond donors (Lipinski definition) is 1. The molecule has 1 atom stereocenters. The molecule has 5 nitrogen and oxygen atoms in total. The Kier molecular flexibility index (Phi) is 7.79. The van der Waals surface area contributed by atoms with E-state index in [-0.39, 0.29) is 18.3 Å². The molecule has 1 N–H and O–H groups in total. The van der Waals surface area contributed by atoms with E-state index in [2.05, 4.69) is 0 Å². The van der Waals surface area contributed by atoms with Crippen LogP contribution in [0.2, 0.25) is 0 Å². The minimum absolute atomic E-state index is 0.00816. The topological polar surface area (TPSA) is 68.5 Å². The lowest BCUT2D eigenvalue weighted by atomic mass is 10.1. The highest BCUT2D eigenvalue weighted by molar-refractivity contribution is 6.08. The molecule has 0 spiro atoms. The molecule has 3 aromatic rings. The van der Waals surface area contributed by atoms with Gasteiger partial charge in [0.05, 0.1) is 12.3 Å². The summed E-state index contributed by atoms with van der Waals surface area (Å²) in [7, 11) is 0. The van der Waals surface area contributed by atoms with Crippen LogP contribution < -0.4 is 0 Å². The van der Waals surface area contributed by atoms with E-state index in [9.17, 15) is 14.7 Å². The van der Waals surface area contributed by atoms with E-state index in [1.54, 1.807) is 0 Å². The molecule has 0 saturated heterocycles. The third-order valence-electron chi connectivity index (χ3n) is 5.25. The zero-order valence-electron chi connectivity index (χ0n) is 18.7. The summed E-state index contributed by atoms with van der Waals surface area (Å²) in [6.07, 6.45) is 5.10. The van der Waals surface area contributed by atoms with Crippen molar-refractivity contribution in [2.45, 2.75) is 40.0 Å². The summed E-state index contributed by atoms with van der Waals surface area (Å²) >= 11 is 0. The Morgan fingerprint density at radius 1 is 1.03 bits per heavy atom. The first kappa shape index (κ1) is 23.2. The standard InChI is InChI=1S/C27H29NO4/c1-19(2)26(27(30)31)32-18-22-12-10-21(11-13-22)6-4-16-28-17-5-7-24(28)25(29)23-14-8-20(3)9-15-23/h4-15,17,19,26H,16,18H2,1-3H3,(H,30,31)/b6-4+/t26-/m0/s1. The fourth-order valence-corrected chi connectivity index (χ4v) is 3.39. The minimum Gasteiger partial charge on any atom is -0.479 e. The van der Waals surface area contributed by atoms with Gasteiger partial charge in [0.25, 0.3) is 0 Å². The molecule has 0 radical (unpaired) electrons. The fourth-order valence-electron chi connectivity index (χ4n) is 3.39. The maximum Gasteiger partial charge on any atom is 0.333 e. The highest BCUT2D eigenvalue weighted by atomic mass is 16.5. The maximum absolute atomic E-state index is 12.8. The van der Waals surface area contributed by atoms with Gasteiger partial charge in [0, 0.05) is 18.3 Å². The quantitative estimate of drug-likeness (QED) is 0.439. The summed E-state index contributed by atoms with van der Waals surface area (Å²) in [5.74, 6) is -1.02. The lowest BCUT2D eigenvalue weighted by Crippen LogP contribution is -2.29. The molecule has 0 saturated carbocycles. The second kappa shape index (κ2) is 10.7. The van der Waals surface area contributed by atoms with Crippen LogP contribution in [0.15, 0.2) is 72.9 Å². The van der Waals surface area contributed by atoms with Gasteiger partial charge in [-0.05, 0) is 36.1 Å². The first-order valence-corrected chi connectivity index (χ1v) is 10.7. The van der Waals surface area contributed by atoms with E-state index in [1.165, 1.54) is 0 Å². The molecule has 3 rings (SSSR count). The lowest BCUT2D eigenvalue weighted by molar-refractivity contribution is -0.154. The van der Waals surface area contributed by atoms with Crippen LogP contribution in [-0.2, 0) is 22.7 Å². The van der Waals surface area contributed by atoms with Gasteiger partial charge in [-0.3, -0.25) is 4.79 Å². The molecule has 0 aliphatic carbocycles. The van der Waals surface area contributed by atoms with Gasteiger partial charge < -0.3 is 14.4 Å². The highest BCUT2D eigenvalue weighted by Gasteiger charge is 2.21. The van der Waals surface area contributed by atoms with E-state index in [0.29, 0.717) is 17.8 Å². The van der Waals surface area contributed by atoms with Gasteiger partial charge >= 0.3 is 5.97 Å². The monoisotopic (exact) mass is 431 g/mol. The van der Waals surface area contributed by atoms with Crippen molar-refractivity contribution in [3.8, 4) is 0 Å². The molecule has 0 bridgehead atoms. The number of carboxylic acids is 1. The highest BCUT2D eigenvalue weighted by Crippen LogP contribution is 2.14. The van der Waals surface area contributed by atoms with Crippen LogP contribution >= 0.6 is 0 Å². The van der Waals surface area contributed by atoms with Crippen molar-refractivity contribution in [1.82, 2.24) is 4.57 Å². The Morgan fingerprint density at radius 2 is 1.72 bits per heavy atom. The fraction of sp³-hybridized carbons (Fsp3) is 0.259. The molecule has 166 valence electrons. The summed E-state index contributed by atoms with van der Waals surface area (Å²) in [4.78, 5) is 24.0. The Hall–Kier alpha value is -3.44. The first-order chi connectivity index (χ1) is 15.3. The number of aryl methyl sites for hydroxylation is 1. The Balaban J connectivity index is 1.59. The number of aliphatic carboxylic acids is 1. The average Bonchev–Trinajstić information content (AvgIpc) is 3.23. The number of carbonyl (C=O) groups is 2. The molecule has 32 heavy (non-hydrogen) atoms. The minimum atomic E-state index is -0.940. The Morgan fingerprint density at radius 3 is 2.34 bits per heavy atom. The molecule has 1 aromatic heterocycles. The van der Waals surface area contributed by atoms with Crippen molar-refractivity contribution in [2.75, 3.05) is 0 Å². The summed E-state index contributed by atoms with van der Waals surface area (Å²) < 4.78 is 7.48. The molecule has 1 heterocycles. The van der Waals surface area contributed by atoms with Crippen LogP contribution in [0, 0.1) is 12.8 Å². The third kappa shape index (κ3) is 6.05. The van der Waals surface area contributed by atoms with Gasteiger partial charge in [-0.2, -0.15) is 0 Å². The largest absolute Gasteiger partial charge is 0.479 e. The number of carbonyl (C=O) groups excluding carboxylic acids is 1. The molecule has 2 aromatic carbocycles. The number of rotatable bonds is 10. The molecule has 0 fully saturated rings. The summed E-state index contributed by atoms with van der Waals surface area (Å²) in [6, 6.07) is 19.1. The number of carboxylic acid groups (broad SMARTS) is 1. The van der Waals surface area contributed by atoms with Crippen molar-refractivity contribution in [3.05, 3.63) is 101 Å². The number of benzene rings is 2. The van der Waals surface area contributed by atoms with Crippen LogP contribution in [0.1, 0.15) is 46.6 Å². The summed E-state index contributed by atoms with van der Waals surface area (Å²) in [6.45, 7) is 6.50. The van der Waals surface area contributed by atoms with E-state index in [4.69, 9.17) is 4.74 Å². The van der Waals surface area contributed by atoms with Crippen molar-refractivity contribution in [2.24, 2.45) is 5.92 Å². The predicted molar refractivity (Wildman–Crippen MR) is 126 cm³/mol. The lowest BCUT2D eigenvalue weighted by Gasteiger charge is -2.17. The van der Waals surface area contributed by atoms with Crippen LogP contribution in [0.4, 0.5) is 0 Å². The number of hydrogen-bond acceptors (Lipinski definition) is 3. The SMILES string of the molecule is Cc1ccc(C(=O)c2cccn2C/C=C/c2ccc(CO[C@H](C(=O)O)C(C)C)cc2)cc1. The van der Waals surface area contributed by atoms with Crippen LogP contribution in [0.3, 0.4) is 0 Å². The van der Waals surface area contributed by atoms with Gasteiger partial charge in [0.1, 0.15) is 0 Å². The van der Waals surface area contributed by atoms with Gasteiger partial charge in [-0.15, -0.1) is 0 Å². The van der Waals surface area contributed by atoms with E-state index < -0.39 is 12.1 Å².